The van der Waals surface area contributed by atoms with Crippen molar-refractivity contribution in [3.8, 4) is 5.75 Å². The molecule has 1 aromatic carbocycles. The molecule has 0 spiro atoms. The number of ether oxygens (including phenoxy) is 1. The van der Waals surface area contributed by atoms with Gasteiger partial charge in [-0.2, -0.15) is 0 Å². The fraction of sp³-hybridized carbons (Fsp3) is 0.500. The summed E-state index contributed by atoms with van der Waals surface area (Å²) in [7, 11) is 0. The molecule has 21 heavy (non-hydrogen) atoms. The van der Waals surface area contributed by atoms with Gasteiger partial charge in [0, 0.05) is 53.7 Å². The van der Waals surface area contributed by atoms with Gasteiger partial charge in [-0.05, 0) is 12.1 Å². The van der Waals surface area contributed by atoms with Crippen LogP contribution in [-0.2, 0) is 0 Å². The Kier molecular flexibility index (Phi) is 4.28. The first-order valence-corrected chi connectivity index (χ1v) is 8.07. The van der Waals surface area contributed by atoms with Crippen molar-refractivity contribution in [2.75, 3.05) is 32.8 Å². The fourth-order valence-electron chi connectivity index (χ4n) is 3.02. The minimum absolute atomic E-state index is 0.247. The van der Waals surface area contributed by atoms with Crippen LogP contribution in [0.1, 0.15) is 18.0 Å². The van der Waals surface area contributed by atoms with Crippen LogP contribution >= 0.6 is 27.5 Å². The summed E-state index contributed by atoms with van der Waals surface area (Å²) in [5, 5.41) is 9.68. The second kappa shape index (κ2) is 6.02. The van der Waals surface area contributed by atoms with E-state index in [-0.39, 0.29) is 6.04 Å². The van der Waals surface area contributed by atoms with Gasteiger partial charge in [-0.1, -0.05) is 27.5 Å². The Balaban J connectivity index is 1.81. The third kappa shape index (κ3) is 2.98. The number of carboxylic acid groups (broad SMARTS) is 1. The first-order chi connectivity index (χ1) is 10.1. The summed E-state index contributed by atoms with van der Waals surface area (Å²) in [5.74, 6) is 0.825. The van der Waals surface area contributed by atoms with Crippen LogP contribution in [0.2, 0.25) is 5.02 Å². The Hall–Kier alpha value is -0.980. The SMILES string of the molecule is O=C(O)N1CCN([C@H]2CCOc3cc(Cl)cc(Br)c32)CC1. The van der Waals surface area contributed by atoms with E-state index in [1.54, 1.807) is 0 Å². The van der Waals surface area contributed by atoms with Gasteiger partial charge in [0.2, 0.25) is 0 Å². The van der Waals surface area contributed by atoms with E-state index in [1.165, 1.54) is 4.90 Å². The normalized spacial score (nSPS) is 22.6. The minimum atomic E-state index is -0.838. The molecule has 0 saturated carbocycles. The molecule has 1 amide bonds. The maximum atomic E-state index is 11.0. The molecular weight excluding hydrogens is 360 g/mol. The highest BCUT2D eigenvalue weighted by Gasteiger charge is 2.32. The fourth-order valence-corrected chi connectivity index (χ4v) is 4.07. The number of fused-ring (bicyclic) bond motifs is 1. The van der Waals surface area contributed by atoms with Crippen LogP contribution in [-0.4, -0.2) is 53.8 Å². The molecule has 0 aromatic heterocycles. The molecule has 2 heterocycles. The van der Waals surface area contributed by atoms with Crippen LogP contribution in [0.3, 0.4) is 0 Å². The van der Waals surface area contributed by atoms with Crippen LogP contribution in [0, 0.1) is 0 Å². The molecule has 1 aromatic rings. The zero-order valence-electron chi connectivity index (χ0n) is 11.4. The lowest BCUT2D eigenvalue weighted by atomic mass is 9.98. The number of hydrogen-bond donors (Lipinski definition) is 1. The second-order valence-electron chi connectivity index (χ2n) is 5.26. The van der Waals surface area contributed by atoms with Crippen LogP contribution < -0.4 is 4.74 Å². The lowest BCUT2D eigenvalue weighted by molar-refractivity contribution is 0.0696. The zero-order chi connectivity index (χ0) is 15.0. The molecule has 2 aliphatic heterocycles. The van der Waals surface area contributed by atoms with Gasteiger partial charge in [0.1, 0.15) is 5.75 Å². The number of halogens is 2. The monoisotopic (exact) mass is 374 g/mol. The Labute approximate surface area is 136 Å². The number of amides is 1. The molecule has 7 heteroatoms. The summed E-state index contributed by atoms with van der Waals surface area (Å²) >= 11 is 9.65. The van der Waals surface area contributed by atoms with Crippen LogP contribution in [0.25, 0.3) is 0 Å². The summed E-state index contributed by atoms with van der Waals surface area (Å²) in [6.07, 6.45) is 0.0651. The molecule has 0 unspecified atom stereocenters. The Morgan fingerprint density at radius 1 is 1.33 bits per heavy atom. The van der Waals surface area contributed by atoms with Crippen molar-refractivity contribution in [1.29, 1.82) is 0 Å². The van der Waals surface area contributed by atoms with Crippen molar-refractivity contribution in [3.05, 3.63) is 27.2 Å². The smallest absolute Gasteiger partial charge is 0.407 e. The number of nitrogens with zero attached hydrogens (tertiary/aromatic N) is 2. The molecule has 2 aliphatic rings. The third-order valence-corrected chi connectivity index (χ3v) is 4.94. The maximum Gasteiger partial charge on any atom is 0.407 e. The van der Waals surface area contributed by atoms with Gasteiger partial charge in [0.05, 0.1) is 6.61 Å². The van der Waals surface area contributed by atoms with Gasteiger partial charge in [0.25, 0.3) is 0 Å². The highest BCUT2D eigenvalue weighted by molar-refractivity contribution is 9.10. The highest BCUT2D eigenvalue weighted by Crippen LogP contribution is 2.42. The van der Waals surface area contributed by atoms with Crippen molar-refractivity contribution in [2.24, 2.45) is 0 Å². The predicted molar refractivity (Wildman–Crippen MR) is 83.2 cm³/mol. The molecular formula is C14H16BrClN2O3. The van der Waals surface area contributed by atoms with Crippen LogP contribution in [0.4, 0.5) is 4.79 Å². The largest absolute Gasteiger partial charge is 0.493 e. The Morgan fingerprint density at radius 2 is 2.05 bits per heavy atom. The summed E-state index contributed by atoms with van der Waals surface area (Å²) in [6.45, 7) is 3.24. The van der Waals surface area contributed by atoms with Crippen LogP contribution in [0.5, 0.6) is 5.75 Å². The number of benzene rings is 1. The molecule has 5 nitrogen and oxygen atoms in total. The lowest BCUT2D eigenvalue weighted by Gasteiger charge is -2.40. The minimum Gasteiger partial charge on any atom is -0.493 e. The van der Waals surface area contributed by atoms with E-state index in [1.807, 2.05) is 12.1 Å². The van der Waals surface area contributed by atoms with Crippen LogP contribution in [0.15, 0.2) is 16.6 Å². The van der Waals surface area contributed by atoms with E-state index >= 15 is 0 Å². The predicted octanol–water partition coefficient (Wildman–Crippen LogP) is 3.22. The van der Waals surface area contributed by atoms with Gasteiger partial charge >= 0.3 is 6.09 Å². The summed E-state index contributed by atoms with van der Waals surface area (Å²) in [6, 6.07) is 3.98. The Morgan fingerprint density at radius 3 is 2.71 bits per heavy atom. The van der Waals surface area contributed by atoms with E-state index in [2.05, 4.69) is 20.8 Å². The van der Waals surface area contributed by atoms with Crippen molar-refractivity contribution in [2.45, 2.75) is 12.5 Å². The number of rotatable bonds is 1. The quantitative estimate of drug-likeness (QED) is 0.819. The molecule has 1 atom stereocenters. The second-order valence-corrected chi connectivity index (χ2v) is 6.55. The van der Waals surface area contributed by atoms with Gasteiger partial charge in [-0.15, -0.1) is 0 Å². The van der Waals surface area contributed by atoms with E-state index in [0.29, 0.717) is 24.7 Å². The van der Waals surface area contributed by atoms with Crippen molar-refractivity contribution in [1.82, 2.24) is 9.80 Å². The van der Waals surface area contributed by atoms with Crippen molar-refractivity contribution < 1.29 is 14.6 Å². The standard InChI is InChI=1S/C14H16BrClN2O3/c15-10-7-9(16)8-12-13(10)11(1-6-21-12)17-2-4-18(5-3-17)14(19)20/h7-8,11H,1-6H2,(H,19,20)/t11-/m0/s1. The molecule has 114 valence electrons. The lowest BCUT2D eigenvalue weighted by Crippen LogP contribution is -2.49. The molecule has 1 saturated heterocycles. The average Bonchev–Trinajstić information content (AvgIpc) is 2.46. The van der Waals surface area contributed by atoms with E-state index in [4.69, 9.17) is 21.4 Å². The molecule has 0 bridgehead atoms. The van der Waals surface area contributed by atoms with Crippen molar-refractivity contribution in [3.63, 3.8) is 0 Å². The topological polar surface area (TPSA) is 53.0 Å². The molecule has 0 radical (unpaired) electrons. The summed E-state index contributed by atoms with van der Waals surface area (Å²) in [5.41, 5.74) is 1.12. The van der Waals surface area contributed by atoms with Gasteiger partial charge in [-0.3, -0.25) is 4.90 Å². The average molecular weight is 376 g/mol. The van der Waals surface area contributed by atoms with Gasteiger partial charge in [0.15, 0.2) is 0 Å². The van der Waals surface area contributed by atoms with Gasteiger partial charge in [-0.25, -0.2) is 4.79 Å². The van der Waals surface area contributed by atoms with Crippen molar-refractivity contribution >= 4 is 33.6 Å². The van der Waals surface area contributed by atoms with Gasteiger partial charge < -0.3 is 14.7 Å². The highest BCUT2D eigenvalue weighted by atomic mass is 79.9. The molecule has 0 aliphatic carbocycles. The first kappa shape index (κ1) is 14.9. The number of piperazine rings is 1. The molecule has 1 N–H and O–H groups in total. The van der Waals surface area contributed by atoms with E-state index < -0.39 is 6.09 Å². The summed E-state index contributed by atoms with van der Waals surface area (Å²) < 4.78 is 6.67. The first-order valence-electron chi connectivity index (χ1n) is 6.90. The van der Waals surface area contributed by atoms with E-state index in [0.717, 1.165) is 35.3 Å². The summed E-state index contributed by atoms with van der Waals surface area (Å²) in [4.78, 5) is 14.8. The molecule has 1 fully saturated rings. The number of carbonyl (C=O) groups is 1. The number of hydrogen-bond acceptors (Lipinski definition) is 3. The zero-order valence-corrected chi connectivity index (χ0v) is 13.7. The Bertz CT molecular complexity index is 561. The van der Waals surface area contributed by atoms with E-state index in [9.17, 15) is 4.79 Å². The third-order valence-electron chi connectivity index (χ3n) is 4.06. The maximum absolute atomic E-state index is 11.0. The molecule has 3 rings (SSSR count).